The van der Waals surface area contributed by atoms with Gasteiger partial charge < -0.3 is 9.88 Å². The van der Waals surface area contributed by atoms with Crippen LogP contribution >= 0.6 is 0 Å². The number of aryl methyl sites for hydroxylation is 1. The molecule has 2 aromatic carbocycles. The number of hydrogen-bond donors (Lipinski definition) is 1. The predicted octanol–water partition coefficient (Wildman–Crippen LogP) is 5.01. The van der Waals surface area contributed by atoms with Gasteiger partial charge in [-0.3, -0.25) is 4.98 Å². The highest BCUT2D eigenvalue weighted by Gasteiger charge is 2.08. The molecule has 0 aliphatic rings. The van der Waals surface area contributed by atoms with Crippen LogP contribution in [0.3, 0.4) is 0 Å². The molecule has 0 atom stereocenters. The van der Waals surface area contributed by atoms with Crippen molar-refractivity contribution in [2.45, 2.75) is 20.0 Å². The average Bonchev–Trinajstić information content (AvgIpc) is 2.99. The zero-order valence-corrected chi connectivity index (χ0v) is 14.3. The third-order valence-corrected chi connectivity index (χ3v) is 4.45. The molecule has 1 N–H and O–H groups in total. The zero-order valence-electron chi connectivity index (χ0n) is 14.3. The van der Waals surface area contributed by atoms with E-state index >= 15 is 0 Å². The number of rotatable bonds is 5. The summed E-state index contributed by atoms with van der Waals surface area (Å²) in [6.07, 6.45) is 5.90. The van der Waals surface area contributed by atoms with Crippen LogP contribution in [0.4, 0.5) is 5.69 Å². The molecule has 25 heavy (non-hydrogen) atoms. The Bertz CT molecular complexity index is 987. The van der Waals surface area contributed by atoms with Crippen molar-refractivity contribution in [3.63, 3.8) is 0 Å². The van der Waals surface area contributed by atoms with Crippen LogP contribution in [0.15, 0.2) is 79.3 Å². The maximum absolute atomic E-state index is 4.16. The number of nitrogens with zero attached hydrogens (tertiary/aromatic N) is 2. The zero-order chi connectivity index (χ0) is 17.1. The third kappa shape index (κ3) is 3.41. The minimum absolute atomic E-state index is 0.785. The van der Waals surface area contributed by atoms with Crippen molar-refractivity contribution in [1.82, 2.24) is 9.55 Å². The van der Waals surface area contributed by atoms with Crippen molar-refractivity contribution in [2.75, 3.05) is 5.32 Å². The Labute approximate surface area is 148 Å². The molecule has 0 bridgehead atoms. The van der Waals surface area contributed by atoms with Crippen LogP contribution < -0.4 is 5.32 Å². The molecule has 0 aliphatic heterocycles. The van der Waals surface area contributed by atoms with E-state index in [0.717, 1.165) is 18.8 Å². The van der Waals surface area contributed by atoms with Crippen molar-refractivity contribution < 1.29 is 0 Å². The summed E-state index contributed by atoms with van der Waals surface area (Å²) in [5, 5.41) is 4.76. The fourth-order valence-corrected chi connectivity index (χ4v) is 3.27. The van der Waals surface area contributed by atoms with Gasteiger partial charge in [0.2, 0.25) is 0 Å². The van der Waals surface area contributed by atoms with E-state index in [4.69, 9.17) is 0 Å². The van der Waals surface area contributed by atoms with Crippen molar-refractivity contribution in [3.05, 3.63) is 95.9 Å². The highest BCUT2D eigenvalue weighted by Crippen LogP contribution is 2.23. The highest BCUT2D eigenvalue weighted by molar-refractivity contribution is 5.84. The third-order valence-electron chi connectivity index (χ3n) is 4.45. The van der Waals surface area contributed by atoms with Crippen molar-refractivity contribution in [1.29, 1.82) is 0 Å². The first-order valence-corrected chi connectivity index (χ1v) is 8.56. The first-order chi connectivity index (χ1) is 12.3. The van der Waals surface area contributed by atoms with Gasteiger partial charge in [0, 0.05) is 42.6 Å². The largest absolute Gasteiger partial charge is 0.380 e. The fourth-order valence-electron chi connectivity index (χ4n) is 3.27. The van der Waals surface area contributed by atoms with Gasteiger partial charge in [-0.1, -0.05) is 48.0 Å². The fraction of sp³-hybridized carbons (Fsp3) is 0.136. The van der Waals surface area contributed by atoms with Crippen LogP contribution in [-0.2, 0) is 13.1 Å². The molecule has 2 aromatic heterocycles. The lowest BCUT2D eigenvalue weighted by molar-refractivity contribution is 0.830. The lowest BCUT2D eigenvalue weighted by Crippen LogP contribution is -2.00. The first-order valence-electron chi connectivity index (χ1n) is 8.56. The summed E-state index contributed by atoms with van der Waals surface area (Å²) in [6.45, 7) is 3.81. The Balaban J connectivity index is 1.64. The molecule has 0 spiro atoms. The smallest absolute Gasteiger partial charge is 0.0529 e. The quantitative estimate of drug-likeness (QED) is 0.559. The molecule has 124 valence electrons. The van der Waals surface area contributed by atoms with E-state index in [9.17, 15) is 0 Å². The molecule has 4 aromatic rings. The standard InChI is InChI=1S/C22H21N3/c1-17-6-4-7-18(12-17)15-25-16-19(21-9-2-3-10-22(21)25)13-24-20-8-5-11-23-14-20/h2-12,14,16,24H,13,15H2,1H3. The first kappa shape index (κ1) is 15.5. The molecular weight excluding hydrogens is 306 g/mol. The monoisotopic (exact) mass is 327 g/mol. The molecule has 2 heterocycles. The second-order valence-corrected chi connectivity index (χ2v) is 6.38. The maximum Gasteiger partial charge on any atom is 0.0529 e. The van der Waals surface area contributed by atoms with Crippen LogP contribution in [0.25, 0.3) is 10.9 Å². The van der Waals surface area contributed by atoms with E-state index in [2.05, 4.69) is 76.5 Å². The normalized spacial score (nSPS) is 10.9. The number of nitrogens with one attached hydrogen (secondary N) is 1. The van der Waals surface area contributed by atoms with Crippen LogP contribution in [0.5, 0.6) is 0 Å². The summed E-state index contributed by atoms with van der Waals surface area (Å²) in [6, 6.07) is 21.3. The minimum Gasteiger partial charge on any atom is -0.380 e. The molecule has 3 nitrogen and oxygen atoms in total. The number of benzene rings is 2. The van der Waals surface area contributed by atoms with Crippen LogP contribution in [0.2, 0.25) is 0 Å². The predicted molar refractivity (Wildman–Crippen MR) is 104 cm³/mol. The molecule has 0 amide bonds. The summed E-state index contributed by atoms with van der Waals surface area (Å²) >= 11 is 0. The van der Waals surface area contributed by atoms with E-state index in [1.165, 1.54) is 27.6 Å². The Morgan fingerprint density at radius 2 is 1.92 bits per heavy atom. The second-order valence-electron chi connectivity index (χ2n) is 6.38. The van der Waals surface area contributed by atoms with Gasteiger partial charge in [0.25, 0.3) is 0 Å². The molecule has 3 heteroatoms. The highest BCUT2D eigenvalue weighted by atomic mass is 15.0. The van der Waals surface area contributed by atoms with Crippen LogP contribution in [0.1, 0.15) is 16.7 Å². The maximum atomic E-state index is 4.16. The summed E-state index contributed by atoms with van der Waals surface area (Å²) in [5.41, 5.74) is 6.23. The Hall–Kier alpha value is -3.07. The average molecular weight is 327 g/mol. The Morgan fingerprint density at radius 1 is 1.00 bits per heavy atom. The van der Waals surface area contributed by atoms with Gasteiger partial charge >= 0.3 is 0 Å². The number of para-hydroxylation sites is 1. The van der Waals surface area contributed by atoms with E-state index in [0.29, 0.717) is 0 Å². The molecule has 0 aliphatic carbocycles. The van der Waals surface area contributed by atoms with Gasteiger partial charge in [-0.15, -0.1) is 0 Å². The van der Waals surface area contributed by atoms with E-state index in [1.54, 1.807) is 6.20 Å². The minimum atomic E-state index is 0.785. The molecule has 4 rings (SSSR count). The van der Waals surface area contributed by atoms with Gasteiger partial charge in [0.05, 0.1) is 5.69 Å². The summed E-state index contributed by atoms with van der Waals surface area (Å²) in [5.74, 6) is 0. The number of pyridine rings is 1. The van der Waals surface area contributed by atoms with Gasteiger partial charge in [-0.25, -0.2) is 0 Å². The number of fused-ring (bicyclic) bond motifs is 1. The summed E-state index contributed by atoms with van der Waals surface area (Å²) in [4.78, 5) is 4.16. The SMILES string of the molecule is Cc1cccc(Cn2cc(CNc3cccnc3)c3ccccc32)c1. The Kier molecular flexibility index (Phi) is 4.21. The summed E-state index contributed by atoms with van der Waals surface area (Å²) < 4.78 is 2.34. The van der Waals surface area contributed by atoms with Crippen LogP contribution in [-0.4, -0.2) is 9.55 Å². The molecule has 0 radical (unpaired) electrons. The van der Waals surface area contributed by atoms with Crippen LogP contribution in [0, 0.1) is 6.92 Å². The van der Waals surface area contributed by atoms with Gasteiger partial charge in [-0.05, 0) is 36.2 Å². The molecule has 0 saturated carbocycles. The molecule has 0 saturated heterocycles. The van der Waals surface area contributed by atoms with Gasteiger partial charge in [0.1, 0.15) is 0 Å². The number of anilines is 1. The lowest BCUT2D eigenvalue weighted by Gasteiger charge is -2.06. The van der Waals surface area contributed by atoms with Crippen molar-refractivity contribution in [3.8, 4) is 0 Å². The van der Waals surface area contributed by atoms with Crippen molar-refractivity contribution >= 4 is 16.6 Å². The number of hydrogen-bond acceptors (Lipinski definition) is 2. The van der Waals surface area contributed by atoms with E-state index in [-0.39, 0.29) is 0 Å². The van der Waals surface area contributed by atoms with E-state index in [1.807, 2.05) is 18.3 Å². The van der Waals surface area contributed by atoms with Gasteiger partial charge in [0.15, 0.2) is 0 Å². The summed E-state index contributed by atoms with van der Waals surface area (Å²) in [7, 11) is 0. The topological polar surface area (TPSA) is 29.9 Å². The Morgan fingerprint density at radius 3 is 2.76 bits per heavy atom. The number of aromatic nitrogens is 2. The van der Waals surface area contributed by atoms with E-state index < -0.39 is 0 Å². The lowest BCUT2D eigenvalue weighted by atomic mass is 10.1. The molecular formula is C22H21N3. The van der Waals surface area contributed by atoms with Gasteiger partial charge in [-0.2, -0.15) is 0 Å². The molecule has 0 fully saturated rings. The van der Waals surface area contributed by atoms with Crippen molar-refractivity contribution in [2.24, 2.45) is 0 Å². The molecule has 0 unspecified atom stereocenters. The second kappa shape index (κ2) is 6.81.